The van der Waals surface area contributed by atoms with Crippen molar-refractivity contribution in [3.05, 3.63) is 131 Å². The van der Waals surface area contributed by atoms with Crippen LogP contribution in [0.5, 0.6) is 0 Å². The van der Waals surface area contributed by atoms with Crippen molar-refractivity contribution in [2.24, 2.45) is 0 Å². The highest BCUT2D eigenvalue weighted by Crippen LogP contribution is 2.33. The van der Waals surface area contributed by atoms with Crippen molar-refractivity contribution in [1.82, 2.24) is 5.32 Å². The fourth-order valence-corrected chi connectivity index (χ4v) is 7.07. The molecule has 1 aromatic heterocycles. The molecule has 5 rings (SSSR count). The number of anilines is 1. The Bertz CT molecular complexity index is 1640. The summed E-state index contributed by atoms with van der Waals surface area (Å²) in [4.78, 5) is 14.3. The average Bonchev–Trinajstić information content (AvgIpc) is 3.39. The molecule has 4 aromatic carbocycles. The van der Waals surface area contributed by atoms with Crippen LogP contribution >= 0.6 is 11.3 Å². The first kappa shape index (κ1) is 26.7. The Morgan fingerprint density at radius 1 is 0.846 bits per heavy atom. The van der Waals surface area contributed by atoms with E-state index in [0.29, 0.717) is 23.5 Å². The van der Waals surface area contributed by atoms with Gasteiger partial charge in [-0.2, -0.15) is 0 Å². The Labute approximate surface area is 233 Å². The van der Waals surface area contributed by atoms with Crippen LogP contribution in [0.1, 0.15) is 45.7 Å². The van der Waals surface area contributed by atoms with Crippen LogP contribution in [0.2, 0.25) is 0 Å². The maximum absolute atomic E-state index is 13.5. The molecular weight excluding hydrogens is 524 g/mol. The Hall–Kier alpha value is -3.94. The smallest absolute Gasteiger partial charge is 0.264 e. The molecule has 39 heavy (non-hydrogen) atoms. The molecule has 1 N–H and O–H groups in total. The van der Waals surface area contributed by atoms with Crippen molar-refractivity contribution in [1.29, 1.82) is 0 Å². The Morgan fingerprint density at radius 2 is 1.46 bits per heavy atom. The highest BCUT2D eigenvalue weighted by Gasteiger charge is 2.25. The third-order valence-electron chi connectivity index (χ3n) is 6.59. The lowest BCUT2D eigenvalue weighted by Gasteiger charge is -2.24. The lowest BCUT2D eigenvalue weighted by molar-refractivity contribution is 0.0947. The number of fused-ring (bicyclic) bond motifs is 1. The molecule has 7 heteroatoms. The number of hydrogen-bond donors (Lipinski definition) is 1. The standard InChI is InChI=1S/C32H30N2O3S2/c1-3-20-34(39(36,37)28-17-14-23(2)15-18-28)27-16-19-29-26(21-27)22-30(38-29)32(35)33-31(24-10-6-4-7-11-24)25-12-8-5-9-13-25/h4-19,21-22,31H,3,20H2,1-2H3,(H,33,35). The number of rotatable bonds is 9. The number of benzene rings is 4. The summed E-state index contributed by atoms with van der Waals surface area (Å²) in [6.07, 6.45) is 0.667. The molecule has 0 bridgehead atoms. The molecule has 0 saturated carbocycles. The lowest BCUT2D eigenvalue weighted by atomic mass is 9.98. The van der Waals surface area contributed by atoms with E-state index in [0.717, 1.165) is 26.8 Å². The molecular formula is C32H30N2O3S2. The van der Waals surface area contributed by atoms with Gasteiger partial charge in [0.1, 0.15) is 0 Å². The van der Waals surface area contributed by atoms with E-state index in [2.05, 4.69) is 5.32 Å². The van der Waals surface area contributed by atoms with Gasteiger partial charge in [0.25, 0.3) is 15.9 Å². The van der Waals surface area contributed by atoms with Crippen LogP contribution in [0.25, 0.3) is 10.1 Å². The second-order valence-corrected chi connectivity index (χ2v) is 12.4. The maximum atomic E-state index is 13.5. The Kier molecular flexibility index (Phi) is 7.82. The number of aryl methyl sites for hydroxylation is 1. The third-order valence-corrected chi connectivity index (χ3v) is 9.54. The number of nitrogens with one attached hydrogen (secondary N) is 1. The molecule has 0 atom stereocenters. The molecule has 5 aromatic rings. The zero-order valence-corrected chi connectivity index (χ0v) is 23.5. The molecule has 198 valence electrons. The van der Waals surface area contributed by atoms with Crippen LogP contribution in [0.4, 0.5) is 5.69 Å². The topological polar surface area (TPSA) is 66.5 Å². The highest BCUT2D eigenvalue weighted by molar-refractivity contribution is 7.92. The van der Waals surface area contributed by atoms with Gasteiger partial charge in [0.15, 0.2) is 0 Å². The first-order valence-corrected chi connectivity index (χ1v) is 15.2. The van der Waals surface area contributed by atoms with E-state index in [1.54, 1.807) is 12.1 Å². The number of nitrogens with zero attached hydrogens (tertiary/aromatic N) is 1. The summed E-state index contributed by atoms with van der Waals surface area (Å²) in [5, 5.41) is 4.03. The van der Waals surface area contributed by atoms with Crippen LogP contribution in [-0.2, 0) is 10.0 Å². The zero-order valence-electron chi connectivity index (χ0n) is 21.9. The number of thiophene rings is 1. The largest absolute Gasteiger partial charge is 0.340 e. The van der Waals surface area contributed by atoms with Crippen molar-refractivity contribution in [2.45, 2.75) is 31.2 Å². The first-order valence-electron chi connectivity index (χ1n) is 12.9. The molecule has 0 fully saturated rings. The molecule has 0 unspecified atom stereocenters. The molecule has 5 nitrogen and oxygen atoms in total. The van der Waals surface area contributed by atoms with Gasteiger partial charge in [0, 0.05) is 11.2 Å². The molecule has 1 amide bonds. The predicted octanol–water partition coefficient (Wildman–Crippen LogP) is 7.33. The quantitative estimate of drug-likeness (QED) is 0.207. The molecule has 1 heterocycles. The molecule has 0 aliphatic carbocycles. The fourth-order valence-electron chi connectivity index (χ4n) is 4.58. The minimum absolute atomic E-state index is 0.173. The number of hydrogen-bond acceptors (Lipinski definition) is 4. The first-order chi connectivity index (χ1) is 18.9. The summed E-state index contributed by atoms with van der Waals surface area (Å²) in [5.74, 6) is -0.173. The summed E-state index contributed by atoms with van der Waals surface area (Å²) in [6.45, 7) is 4.24. The second-order valence-electron chi connectivity index (χ2n) is 9.45. The number of carbonyl (C=O) groups is 1. The van der Waals surface area contributed by atoms with E-state index in [-0.39, 0.29) is 16.8 Å². The third kappa shape index (κ3) is 5.75. The van der Waals surface area contributed by atoms with Gasteiger partial charge in [-0.05, 0) is 66.3 Å². The Morgan fingerprint density at radius 3 is 2.05 bits per heavy atom. The van der Waals surface area contributed by atoms with E-state index < -0.39 is 10.0 Å². The van der Waals surface area contributed by atoms with Gasteiger partial charge < -0.3 is 5.32 Å². The highest BCUT2D eigenvalue weighted by atomic mass is 32.2. The van der Waals surface area contributed by atoms with E-state index in [4.69, 9.17) is 0 Å². The van der Waals surface area contributed by atoms with Gasteiger partial charge >= 0.3 is 0 Å². The molecule has 0 aliphatic rings. The van der Waals surface area contributed by atoms with E-state index in [9.17, 15) is 13.2 Å². The minimum atomic E-state index is -3.73. The molecule has 0 saturated heterocycles. The zero-order chi connectivity index (χ0) is 27.4. The van der Waals surface area contributed by atoms with Crippen LogP contribution < -0.4 is 9.62 Å². The predicted molar refractivity (Wildman–Crippen MR) is 160 cm³/mol. The number of carbonyl (C=O) groups excluding carboxylic acids is 1. The van der Waals surface area contributed by atoms with E-state index >= 15 is 0 Å². The van der Waals surface area contributed by atoms with Crippen LogP contribution in [0.15, 0.2) is 114 Å². The van der Waals surface area contributed by atoms with Crippen molar-refractivity contribution in [3.63, 3.8) is 0 Å². The van der Waals surface area contributed by atoms with Gasteiger partial charge in [-0.3, -0.25) is 9.10 Å². The lowest BCUT2D eigenvalue weighted by Crippen LogP contribution is -2.31. The van der Waals surface area contributed by atoms with Gasteiger partial charge in [-0.25, -0.2) is 8.42 Å². The number of sulfonamides is 1. The monoisotopic (exact) mass is 554 g/mol. The summed E-state index contributed by atoms with van der Waals surface area (Å²) in [6, 6.07) is 33.8. The fraction of sp³-hybridized carbons (Fsp3) is 0.156. The minimum Gasteiger partial charge on any atom is -0.340 e. The van der Waals surface area contributed by atoms with Crippen molar-refractivity contribution < 1.29 is 13.2 Å². The maximum Gasteiger partial charge on any atom is 0.264 e. The normalized spacial score (nSPS) is 11.6. The SMILES string of the molecule is CCCN(c1ccc2sc(C(=O)NC(c3ccccc3)c3ccccc3)cc2c1)S(=O)(=O)c1ccc(C)cc1. The molecule has 0 aliphatic heterocycles. The van der Waals surface area contributed by atoms with Crippen molar-refractivity contribution >= 4 is 43.0 Å². The summed E-state index contributed by atoms with van der Waals surface area (Å²) in [7, 11) is -3.73. The van der Waals surface area contributed by atoms with Crippen LogP contribution in [0.3, 0.4) is 0 Å². The van der Waals surface area contributed by atoms with Crippen LogP contribution in [-0.4, -0.2) is 20.9 Å². The van der Waals surface area contributed by atoms with E-state index in [1.807, 2.05) is 111 Å². The van der Waals surface area contributed by atoms with Crippen molar-refractivity contribution in [2.75, 3.05) is 10.8 Å². The van der Waals surface area contributed by atoms with Gasteiger partial charge in [0.2, 0.25) is 0 Å². The van der Waals surface area contributed by atoms with Gasteiger partial charge in [-0.1, -0.05) is 85.3 Å². The van der Waals surface area contributed by atoms with Gasteiger partial charge in [-0.15, -0.1) is 11.3 Å². The summed E-state index contributed by atoms with van der Waals surface area (Å²) < 4.78 is 29.5. The number of amides is 1. The summed E-state index contributed by atoms with van der Waals surface area (Å²) in [5.41, 5.74) is 3.58. The van der Waals surface area contributed by atoms with E-state index in [1.165, 1.54) is 15.6 Å². The molecule has 0 spiro atoms. The second kappa shape index (κ2) is 11.4. The van der Waals surface area contributed by atoms with Crippen LogP contribution in [0, 0.1) is 6.92 Å². The Balaban J connectivity index is 1.45. The van der Waals surface area contributed by atoms with Gasteiger partial charge in [0.05, 0.1) is 21.5 Å². The average molecular weight is 555 g/mol. The summed E-state index contributed by atoms with van der Waals surface area (Å²) >= 11 is 1.40. The van der Waals surface area contributed by atoms with Crippen molar-refractivity contribution in [3.8, 4) is 0 Å². The molecule has 0 radical (unpaired) electrons.